The van der Waals surface area contributed by atoms with Crippen LogP contribution >= 0.6 is 0 Å². The molecule has 118 valence electrons. The molecule has 2 heterocycles. The van der Waals surface area contributed by atoms with Crippen molar-refractivity contribution in [2.45, 2.75) is 27.0 Å². The standard InChI is InChI=1S/C14H16F2N4O2/c1-8-12(19-9(2)20-13(8)21-3)18-6-10-4-5-11(7-17-10)22-14(15)16/h4-5,7,14H,6H2,1-3H3,(H,18,19,20). The molecule has 0 aliphatic rings. The lowest BCUT2D eigenvalue weighted by Gasteiger charge is -2.12. The summed E-state index contributed by atoms with van der Waals surface area (Å²) in [6, 6.07) is 3.04. The number of methoxy groups -OCH3 is 1. The summed E-state index contributed by atoms with van der Waals surface area (Å²) in [4.78, 5) is 12.5. The summed E-state index contributed by atoms with van der Waals surface area (Å²) in [5, 5.41) is 3.12. The fraction of sp³-hybridized carbons (Fsp3) is 0.357. The second-order valence-corrected chi connectivity index (χ2v) is 4.47. The second kappa shape index (κ2) is 6.97. The van der Waals surface area contributed by atoms with Gasteiger partial charge in [-0.25, -0.2) is 4.98 Å². The van der Waals surface area contributed by atoms with Crippen molar-refractivity contribution in [3.63, 3.8) is 0 Å². The number of hydrogen-bond acceptors (Lipinski definition) is 6. The number of halogens is 2. The SMILES string of the molecule is COc1nc(C)nc(NCc2ccc(OC(F)F)cn2)c1C. The van der Waals surface area contributed by atoms with E-state index in [1.165, 1.54) is 12.3 Å². The molecule has 0 atom stereocenters. The second-order valence-electron chi connectivity index (χ2n) is 4.47. The van der Waals surface area contributed by atoms with E-state index in [9.17, 15) is 8.78 Å². The number of nitrogens with one attached hydrogen (secondary N) is 1. The Morgan fingerprint density at radius 2 is 2.00 bits per heavy atom. The first-order valence-corrected chi connectivity index (χ1v) is 6.52. The number of nitrogens with zero attached hydrogens (tertiary/aromatic N) is 3. The van der Waals surface area contributed by atoms with Crippen LogP contribution in [0.2, 0.25) is 0 Å². The minimum atomic E-state index is -2.86. The molecule has 2 rings (SSSR count). The predicted octanol–water partition coefficient (Wildman–Crippen LogP) is 2.71. The number of rotatable bonds is 6. The average molecular weight is 310 g/mol. The number of pyridine rings is 1. The van der Waals surface area contributed by atoms with Gasteiger partial charge >= 0.3 is 6.61 Å². The predicted molar refractivity (Wildman–Crippen MR) is 76.3 cm³/mol. The molecule has 0 aliphatic heterocycles. The molecule has 0 aromatic carbocycles. The van der Waals surface area contributed by atoms with Crippen molar-refractivity contribution in [2.24, 2.45) is 0 Å². The monoisotopic (exact) mass is 310 g/mol. The minimum absolute atomic E-state index is 0.0227. The Labute approximate surface area is 126 Å². The van der Waals surface area contributed by atoms with E-state index in [0.717, 1.165) is 5.56 Å². The zero-order valence-electron chi connectivity index (χ0n) is 12.4. The summed E-state index contributed by atoms with van der Waals surface area (Å²) in [7, 11) is 1.54. The molecule has 0 radical (unpaired) electrons. The van der Waals surface area contributed by atoms with Crippen LogP contribution in [0.1, 0.15) is 17.1 Å². The van der Waals surface area contributed by atoms with Crippen molar-refractivity contribution >= 4 is 5.82 Å². The molecule has 6 nitrogen and oxygen atoms in total. The van der Waals surface area contributed by atoms with Crippen molar-refractivity contribution in [2.75, 3.05) is 12.4 Å². The van der Waals surface area contributed by atoms with E-state index in [-0.39, 0.29) is 5.75 Å². The highest BCUT2D eigenvalue weighted by Crippen LogP contribution is 2.22. The lowest BCUT2D eigenvalue weighted by Crippen LogP contribution is -2.08. The number of aryl methyl sites for hydroxylation is 1. The van der Waals surface area contributed by atoms with Gasteiger partial charge in [-0.05, 0) is 26.0 Å². The van der Waals surface area contributed by atoms with Crippen molar-refractivity contribution < 1.29 is 18.3 Å². The fourth-order valence-electron chi connectivity index (χ4n) is 1.84. The number of ether oxygens (including phenoxy) is 2. The van der Waals surface area contributed by atoms with Crippen molar-refractivity contribution in [1.82, 2.24) is 15.0 Å². The van der Waals surface area contributed by atoms with Crippen LogP contribution in [0.4, 0.5) is 14.6 Å². The minimum Gasteiger partial charge on any atom is -0.481 e. The maximum atomic E-state index is 12.1. The smallest absolute Gasteiger partial charge is 0.387 e. The van der Waals surface area contributed by atoms with Crippen LogP contribution in [-0.4, -0.2) is 28.7 Å². The highest BCUT2D eigenvalue weighted by atomic mass is 19.3. The number of aromatic nitrogens is 3. The third-order valence-electron chi connectivity index (χ3n) is 2.87. The van der Waals surface area contributed by atoms with Crippen LogP contribution in [0.3, 0.4) is 0 Å². The molecular weight excluding hydrogens is 294 g/mol. The average Bonchev–Trinajstić information content (AvgIpc) is 2.48. The number of hydrogen-bond donors (Lipinski definition) is 1. The van der Waals surface area contributed by atoms with E-state index < -0.39 is 6.61 Å². The molecule has 0 bridgehead atoms. The zero-order valence-corrected chi connectivity index (χ0v) is 12.4. The quantitative estimate of drug-likeness (QED) is 0.884. The lowest BCUT2D eigenvalue weighted by atomic mass is 10.3. The number of alkyl halides is 2. The van der Waals surface area contributed by atoms with Gasteiger partial charge < -0.3 is 14.8 Å². The van der Waals surface area contributed by atoms with Crippen LogP contribution in [-0.2, 0) is 6.54 Å². The van der Waals surface area contributed by atoms with Crippen molar-refractivity contribution in [3.05, 3.63) is 35.4 Å². The van der Waals surface area contributed by atoms with Crippen molar-refractivity contribution in [1.29, 1.82) is 0 Å². The van der Waals surface area contributed by atoms with Gasteiger partial charge in [0.2, 0.25) is 5.88 Å². The Balaban J connectivity index is 2.05. The number of anilines is 1. The summed E-state index contributed by atoms with van der Waals surface area (Å²) < 4.78 is 33.5. The molecule has 8 heteroatoms. The molecule has 0 unspecified atom stereocenters. The fourth-order valence-corrected chi connectivity index (χ4v) is 1.84. The van der Waals surface area contributed by atoms with E-state index in [1.807, 2.05) is 6.92 Å². The van der Waals surface area contributed by atoms with Crippen LogP contribution in [0.25, 0.3) is 0 Å². The third kappa shape index (κ3) is 4.00. The van der Waals surface area contributed by atoms with Gasteiger partial charge in [0.25, 0.3) is 0 Å². The Kier molecular flexibility index (Phi) is 5.03. The Hall–Kier alpha value is -2.51. The van der Waals surface area contributed by atoms with Crippen molar-refractivity contribution in [3.8, 4) is 11.6 Å². The highest BCUT2D eigenvalue weighted by Gasteiger charge is 2.10. The van der Waals surface area contributed by atoms with E-state index in [4.69, 9.17) is 4.74 Å². The van der Waals surface area contributed by atoms with E-state index in [0.29, 0.717) is 29.8 Å². The first-order chi connectivity index (χ1) is 10.5. The molecule has 0 amide bonds. The van der Waals surface area contributed by atoms with E-state index >= 15 is 0 Å². The van der Waals surface area contributed by atoms with Gasteiger partial charge in [-0.2, -0.15) is 13.8 Å². The van der Waals surface area contributed by atoms with Crippen LogP contribution in [0.15, 0.2) is 18.3 Å². The summed E-state index contributed by atoms with van der Waals surface area (Å²) >= 11 is 0. The van der Waals surface area contributed by atoms with Gasteiger partial charge in [-0.1, -0.05) is 0 Å². The third-order valence-corrected chi connectivity index (χ3v) is 2.87. The molecule has 2 aromatic rings. The summed E-state index contributed by atoms with van der Waals surface area (Å²) in [5.74, 6) is 1.75. The molecular formula is C14H16F2N4O2. The van der Waals surface area contributed by atoms with Crippen LogP contribution < -0.4 is 14.8 Å². The highest BCUT2D eigenvalue weighted by molar-refractivity contribution is 5.48. The van der Waals surface area contributed by atoms with Crippen LogP contribution in [0.5, 0.6) is 11.6 Å². The van der Waals surface area contributed by atoms with Gasteiger partial charge in [0.05, 0.1) is 31.1 Å². The van der Waals surface area contributed by atoms with Gasteiger partial charge in [-0.15, -0.1) is 0 Å². The topological polar surface area (TPSA) is 69.2 Å². The molecule has 2 aromatic heterocycles. The molecule has 0 saturated carbocycles. The van der Waals surface area contributed by atoms with E-state index in [2.05, 4.69) is 25.0 Å². The summed E-state index contributed by atoms with van der Waals surface area (Å²) in [5.41, 5.74) is 1.45. The maximum Gasteiger partial charge on any atom is 0.387 e. The first kappa shape index (κ1) is 15.9. The first-order valence-electron chi connectivity index (χ1n) is 6.52. The molecule has 0 saturated heterocycles. The van der Waals surface area contributed by atoms with Gasteiger partial charge in [0, 0.05) is 0 Å². The summed E-state index contributed by atoms with van der Waals surface area (Å²) in [6.07, 6.45) is 1.25. The van der Waals surface area contributed by atoms with Gasteiger partial charge in [0.15, 0.2) is 0 Å². The Bertz CT molecular complexity index is 635. The molecule has 0 spiro atoms. The Morgan fingerprint density at radius 1 is 1.23 bits per heavy atom. The summed E-state index contributed by atoms with van der Waals surface area (Å²) in [6.45, 7) is 1.13. The maximum absolute atomic E-state index is 12.1. The molecule has 0 fully saturated rings. The molecule has 22 heavy (non-hydrogen) atoms. The van der Waals surface area contributed by atoms with Crippen LogP contribution in [0, 0.1) is 13.8 Å². The van der Waals surface area contributed by atoms with Gasteiger partial charge in [0.1, 0.15) is 17.4 Å². The normalized spacial score (nSPS) is 10.6. The van der Waals surface area contributed by atoms with Gasteiger partial charge in [-0.3, -0.25) is 4.98 Å². The van der Waals surface area contributed by atoms with E-state index in [1.54, 1.807) is 20.1 Å². The Morgan fingerprint density at radius 3 is 2.59 bits per heavy atom. The molecule has 0 aliphatic carbocycles. The lowest BCUT2D eigenvalue weighted by molar-refractivity contribution is -0.0500. The largest absolute Gasteiger partial charge is 0.481 e. The molecule has 1 N–H and O–H groups in total. The zero-order chi connectivity index (χ0) is 16.1.